The molecule has 6 nitrogen and oxygen atoms in total. The molecule has 0 aliphatic carbocycles. The Hall–Kier alpha value is -1.97. The van der Waals surface area contributed by atoms with Crippen LogP contribution in [0, 0.1) is 6.92 Å². The van der Waals surface area contributed by atoms with Crippen LogP contribution >= 0.6 is 11.3 Å². The van der Waals surface area contributed by atoms with E-state index in [9.17, 15) is 18.0 Å². The van der Waals surface area contributed by atoms with Crippen molar-refractivity contribution in [3.63, 3.8) is 0 Å². The summed E-state index contributed by atoms with van der Waals surface area (Å²) in [6.45, 7) is 3.43. The summed E-state index contributed by atoms with van der Waals surface area (Å²) in [6.07, 6.45) is -3.66. The summed E-state index contributed by atoms with van der Waals surface area (Å²) in [4.78, 5) is 19.5. The third kappa shape index (κ3) is 4.75. The summed E-state index contributed by atoms with van der Waals surface area (Å²) in [5.41, 5.74) is -0.938. The zero-order valence-corrected chi connectivity index (χ0v) is 13.3. The largest absolute Gasteiger partial charge is 0.434 e. The van der Waals surface area contributed by atoms with Crippen LogP contribution in [0.5, 0.6) is 0 Å². The fraction of sp³-hybridized carbons (Fsp3) is 0.538. The van der Waals surface area contributed by atoms with Crippen LogP contribution in [-0.4, -0.2) is 21.0 Å². The number of nitrogens with one attached hydrogen (secondary N) is 1. The number of carbonyl (C=O) groups excluding carboxylic acids is 1. The fourth-order valence-electron chi connectivity index (χ4n) is 1.84. The molecule has 0 unspecified atom stereocenters. The van der Waals surface area contributed by atoms with Gasteiger partial charge in [0.25, 0.3) is 0 Å². The second-order valence-electron chi connectivity index (χ2n) is 4.83. The van der Waals surface area contributed by atoms with Crippen molar-refractivity contribution in [2.75, 3.05) is 0 Å². The van der Waals surface area contributed by atoms with E-state index in [0.29, 0.717) is 18.1 Å². The minimum Gasteiger partial charge on any atom is -0.347 e. The van der Waals surface area contributed by atoms with Gasteiger partial charge in [-0.3, -0.25) is 4.79 Å². The lowest BCUT2D eigenvalue weighted by molar-refractivity contribution is -0.140. The van der Waals surface area contributed by atoms with E-state index in [1.165, 1.54) is 0 Å². The number of alkyl halides is 3. The van der Waals surface area contributed by atoms with E-state index in [1.54, 1.807) is 13.8 Å². The zero-order chi connectivity index (χ0) is 17.0. The van der Waals surface area contributed by atoms with Crippen LogP contribution in [0.15, 0.2) is 9.90 Å². The van der Waals surface area contributed by atoms with Crippen molar-refractivity contribution in [2.24, 2.45) is 0 Å². The molecule has 0 aliphatic heterocycles. The summed E-state index contributed by atoms with van der Waals surface area (Å²) >= 11 is 0.882. The van der Waals surface area contributed by atoms with Crippen LogP contribution in [0.1, 0.15) is 48.2 Å². The Labute approximate surface area is 134 Å². The highest BCUT2D eigenvalue weighted by Crippen LogP contribution is 2.32. The second kappa shape index (κ2) is 7.07. The molecule has 2 rings (SSSR count). The van der Waals surface area contributed by atoms with Crippen LogP contribution in [0.25, 0.3) is 0 Å². The van der Waals surface area contributed by atoms with E-state index in [-0.39, 0.29) is 23.8 Å². The lowest BCUT2D eigenvalue weighted by Crippen LogP contribution is -2.28. The van der Waals surface area contributed by atoms with E-state index in [0.717, 1.165) is 16.7 Å². The molecule has 1 N–H and O–H groups in total. The number of aromatic nitrogens is 3. The fourth-order valence-corrected chi connectivity index (χ4v) is 2.80. The van der Waals surface area contributed by atoms with Gasteiger partial charge in [-0.15, -0.1) is 11.3 Å². The number of aryl methyl sites for hydroxylation is 2. The van der Waals surface area contributed by atoms with Gasteiger partial charge in [0.1, 0.15) is 5.01 Å². The molecular weight excluding hydrogens is 333 g/mol. The Morgan fingerprint density at radius 1 is 1.43 bits per heavy atom. The molecule has 2 heterocycles. The van der Waals surface area contributed by atoms with E-state index in [1.807, 2.05) is 0 Å². The van der Waals surface area contributed by atoms with Gasteiger partial charge in [-0.25, -0.2) is 4.98 Å². The van der Waals surface area contributed by atoms with Crippen molar-refractivity contribution in [1.29, 1.82) is 0 Å². The predicted molar refractivity (Wildman–Crippen MR) is 75.6 cm³/mol. The average molecular weight is 348 g/mol. The molecule has 0 fully saturated rings. The average Bonchev–Trinajstić information content (AvgIpc) is 3.11. The van der Waals surface area contributed by atoms with E-state index in [4.69, 9.17) is 4.52 Å². The van der Waals surface area contributed by atoms with Crippen molar-refractivity contribution < 1.29 is 22.5 Å². The summed E-state index contributed by atoms with van der Waals surface area (Å²) < 4.78 is 42.6. The van der Waals surface area contributed by atoms with E-state index >= 15 is 0 Å². The van der Waals surface area contributed by atoms with Gasteiger partial charge in [0.05, 0.1) is 6.04 Å². The van der Waals surface area contributed by atoms with Crippen LogP contribution in [-0.2, 0) is 17.4 Å². The zero-order valence-electron chi connectivity index (χ0n) is 12.5. The number of rotatable bonds is 6. The number of carbonyl (C=O) groups is 1. The Morgan fingerprint density at radius 2 is 2.17 bits per heavy atom. The molecule has 23 heavy (non-hydrogen) atoms. The van der Waals surface area contributed by atoms with Crippen molar-refractivity contribution in [3.05, 3.63) is 27.8 Å². The topological polar surface area (TPSA) is 80.9 Å². The number of hydrogen-bond acceptors (Lipinski definition) is 6. The lowest BCUT2D eigenvalue weighted by Gasteiger charge is -2.14. The maximum atomic E-state index is 12.6. The molecule has 1 amide bonds. The first-order chi connectivity index (χ1) is 10.8. The van der Waals surface area contributed by atoms with Crippen molar-refractivity contribution in [1.82, 2.24) is 20.4 Å². The molecule has 2 aromatic heterocycles. The van der Waals surface area contributed by atoms with Crippen LogP contribution < -0.4 is 5.32 Å². The quantitative estimate of drug-likeness (QED) is 0.868. The first-order valence-electron chi connectivity index (χ1n) is 6.90. The molecule has 0 bridgehead atoms. The van der Waals surface area contributed by atoms with Crippen LogP contribution in [0.2, 0.25) is 0 Å². The van der Waals surface area contributed by atoms with Gasteiger partial charge < -0.3 is 9.84 Å². The number of amides is 1. The van der Waals surface area contributed by atoms with Gasteiger partial charge in [-0.1, -0.05) is 12.1 Å². The highest BCUT2D eigenvalue weighted by Gasteiger charge is 2.34. The standard InChI is InChI=1S/C13H15F3N4O2S/c1-3-8(12-19-9(6-23-12)13(14,15)16)18-10(21)4-5-11-17-7(2)20-22-11/h6,8H,3-5H2,1-2H3,(H,18,21)/t8-/m1/s1. The molecule has 0 saturated heterocycles. The van der Waals surface area contributed by atoms with Crippen molar-refractivity contribution >= 4 is 17.2 Å². The molecule has 0 aliphatic rings. The van der Waals surface area contributed by atoms with Gasteiger partial charge in [-0.05, 0) is 13.3 Å². The highest BCUT2D eigenvalue weighted by atomic mass is 32.1. The monoisotopic (exact) mass is 348 g/mol. The summed E-state index contributed by atoms with van der Waals surface area (Å²) in [5, 5.41) is 7.48. The van der Waals surface area contributed by atoms with Gasteiger partial charge in [0.2, 0.25) is 11.8 Å². The minimum absolute atomic E-state index is 0.107. The Balaban J connectivity index is 1.93. The molecule has 0 aromatic carbocycles. The molecule has 126 valence electrons. The third-order valence-electron chi connectivity index (χ3n) is 2.99. The molecule has 10 heteroatoms. The smallest absolute Gasteiger partial charge is 0.347 e. The van der Waals surface area contributed by atoms with Gasteiger partial charge >= 0.3 is 6.18 Å². The number of hydrogen-bond donors (Lipinski definition) is 1. The maximum Gasteiger partial charge on any atom is 0.434 e. The van der Waals surface area contributed by atoms with Crippen molar-refractivity contribution in [3.8, 4) is 0 Å². The molecule has 0 spiro atoms. The number of halogens is 3. The Kier molecular flexibility index (Phi) is 5.34. The molecule has 0 radical (unpaired) electrons. The Bertz CT molecular complexity index is 668. The third-order valence-corrected chi connectivity index (χ3v) is 3.95. The lowest BCUT2D eigenvalue weighted by atomic mass is 10.2. The molecule has 0 saturated carbocycles. The molecule has 1 atom stereocenters. The maximum absolute atomic E-state index is 12.6. The van der Waals surface area contributed by atoms with Crippen LogP contribution in [0.3, 0.4) is 0 Å². The summed E-state index contributed by atoms with van der Waals surface area (Å²) in [7, 11) is 0. The number of thiazole rings is 1. The van der Waals surface area contributed by atoms with Gasteiger partial charge in [-0.2, -0.15) is 18.2 Å². The first-order valence-corrected chi connectivity index (χ1v) is 7.78. The first kappa shape index (κ1) is 17.4. The van der Waals surface area contributed by atoms with E-state index in [2.05, 4.69) is 20.4 Å². The summed E-state index contributed by atoms with van der Waals surface area (Å²) in [5.74, 6) is 0.519. The molecular formula is C13H15F3N4O2S. The van der Waals surface area contributed by atoms with Crippen molar-refractivity contribution in [2.45, 2.75) is 45.3 Å². The Morgan fingerprint density at radius 3 is 2.70 bits per heavy atom. The predicted octanol–water partition coefficient (Wildman–Crippen LogP) is 3.05. The minimum atomic E-state index is -4.48. The van der Waals surface area contributed by atoms with Gasteiger partial charge in [0.15, 0.2) is 11.5 Å². The van der Waals surface area contributed by atoms with E-state index < -0.39 is 17.9 Å². The normalized spacial score (nSPS) is 13.1. The summed E-state index contributed by atoms with van der Waals surface area (Å²) in [6, 6.07) is -0.548. The SMILES string of the molecule is CC[C@@H](NC(=O)CCc1nc(C)no1)c1nc(C(F)(F)F)cs1. The van der Waals surface area contributed by atoms with Gasteiger partial charge in [0, 0.05) is 18.2 Å². The second-order valence-corrected chi connectivity index (χ2v) is 5.72. The highest BCUT2D eigenvalue weighted by molar-refractivity contribution is 7.09. The van der Waals surface area contributed by atoms with Crippen LogP contribution in [0.4, 0.5) is 13.2 Å². The molecule has 2 aromatic rings. The number of nitrogens with zero attached hydrogens (tertiary/aromatic N) is 3.